The van der Waals surface area contributed by atoms with Gasteiger partial charge < -0.3 is 5.11 Å². The van der Waals surface area contributed by atoms with Gasteiger partial charge in [-0.2, -0.15) is 0 Å². The molecule has 0 saturated carbocycles. The van der Waals surface area contributed by atoms with Crippen LogP contribution in [0.4, 0.5) is 0 Å². The molecule has 0 saturated heterocycles. The van der Waals surface area contributed by atoms with Crippen molar-refractivity contribution in [1.29, 1.82) is 0 Å². The molecule has 0 atom stereocenters. The monoisotopic (exact) mass is 239 g/mol. The van der Waals surface area contributed by atoms with E-state index in [0.29, 0.717) is 12.3 Å². The number of aryl methyl sites for hydroxylation is 1. The average molecular weight is 239 g/mol. The fourth-order valence-corrected chi connectivity index (χ4v) is 1.89. The van der Waals surface area contributed by atoms with Crippen LogP contribution in [0.5, 0.6) is 5.75 Å². The molecule has 0 aliphatic carbocycles. The van der Waals surface area contributed by atoms with E-state index < -0.39 is 0 Å². The molecule has 2 heteroatoms. The first kappa shape index (κ1) is 12.4. The highest BCUT2D eigenvalue weighted by molar-refractivity contribution is 5.87. The third-order valence-corrected chi connectivity index (χ3v) is 2.85. The smallest absolute Gasteiger partial charge is 0.127 e. The Morgan fingerprint density at radius 2 is 1.83 bits per heavy atom. The van der Waals surface area contributed by atoms with Crippen LogP contribution in [0.1, 0.15) is 18.1 Å². The van der Waals surface area contributed by atoms with Crippen molar-refractivity contribution in [2.24, 2.45) is 4.99 Å². The first-order chi connectivity index (χ1) is 8.72. The summed E-state index contributed by atoms with van der Waals surface area (Å²) in [6.07, 6.45) is 1.73. The molecule has 0 spiro atoms. The van der Waals surface area contributed by atoms with Gasteiger partial charge in [0, 0.05) is 18.3 Å². The minimum absolute atomic E-state index is 0.312. The molecule has 0 aliphatic heterocycles. The lowest BCUT2D eigenvalue weighted by atomic mass is 9.99. The van der Waals surface area contributed by atoms with Gasteiger partial charge in [0.05, 0.1) is 0 Å². The van der Waals surface area contributed by atoms with Gasteiger partial charge in [0.2, 0.25) is 0 Å². The quantitative estimate of drug-likeness (QED) is 0.812. The zero-order valence-electron chi connectivity index (χ0n) is 10.7. The molecule has 18 heavy (non-hydrogen) atoms. The number of phenolic OH excluding ortho intramolecular Hbond substituents is 1. The minimum atomic E-state index is 0.312. The Bertz CT molecular complexity index is 559. The van der Waals surface area contributed by atoms with Crippen LogP contribution in [0.25, 0.3) is 11.1 Å². The van der Waals surface area contributed by atoms with E-state index in [1.807, 2.05) is 44.2 Å². The Morgan fingerprint density at radius 1 is 1.11 bits per heavy atom. The van der Waals surface area contributed by atoms with Crippen molar-refractivity contribution in [2.45, 2.75) is 13.8 Å². The summed E-state index contributed by atoms with van der Waals surface area (Å²) < 4.78 is 0. The Hall–Kier alpha value is -2.09. The maximum absolute atomic E-state index is 10.0. The lowest BCUT2D eigenvalue weighted by molar-refractivity contribution is 0.470. The van der Waals surface area contributed by atoms with Gasteiger partial charge in [-0.3, -0.25) is 4.99 Å². The average Bonchev–Trinajstić information content (AvgIpc) is 2.41. The second-order valence-corrected chi connectivity index (χ2v) is 4.22. The zero-order valence-corrected chi connectivity index (χ0v) is 10.7. The summed E-state index contributed by atoms with van der Waals surface area (Å²) in [5, 5.41) is 10.0. The zero-order chi connectivity index (χ0) is 13.0. The molecule has 2 aromatic carbocycles. The van der Waals surface area contributed by atoms with Crippen LogP contribution in [0.15, 0.2) is 47.5 Å². The maximum atomic E-state index is 10.0. The molecular formula is C16H17NO. The van der Waals surface area contributed by atoms with Crippen molar-refractivity contribution >= 4 is 6.21 Å². The number of benzene rings is 2. The first-order valence-electron chi connectivity index (χ1n) is 6.11. The second-order valence-electron chi connectivity index (χ2n) is 4.22. The topological polar surface area (TPSA) is 32.6 Å². The molecule has 2 nitrogen and oxygen atoms in total. The summed E-state index contributed by atoms with van der Waals surface area (Å²) in [4.78, 5) is 4.19. The van der Waals surface area contributed by atoms with Crippen LogP contribution in [-0.2, 0) is 0 Å². The largest absolute Gasteiger partial charge is 0.507 e. The Kier molecular flexibility index (Phi) is 3.78. The molecule has 0 bridgehead atoms. The number of aliphatic imine (C=N–C) groups is 1. The SMILES string of the molecule is CCN=Cc1cc(-c2ccccc2)cc(C)c1O. The first-order valence-corrected chi connectivity index (χ1v) is 6.11. The number of aromatic hydroxyl groups is 1. The molecule has 0 amide bonds. The van der Waals surface area contributed by atoms with Crippen LogP contribution in [0.2, 0.25) is 0 Å². The number of nitrogens with zero attached hydrogens (tertiary/aromatic N) is 1. The van der Waals surface area contributed by atoms with E-state index in [-0.39, 0.29) is 0 Å². The van der Waals surface area contributed by atoms with E-state index in [0.717, 1.165) is 22.3 Å². The fraction of sp³-hybridized carbons (Fsp3) is 0.188. The molecular weight excluding hydrogens is 222 g/mol. The molecule has 1 N–H and O–H groups in total. The molecule has 0 unspecified atom stereocenters. The summed E-state index contributed by atoms with van der Waals surface area (Å²) in [7, 11) is 0. The highest BCUT2D eigenvalue weighted by Gasteiger charge is 2.06. The summed E-state index contributed by atoms with van der Waals surface area (Å²) in [5.41, 5.74) is 3.89. The molecule has 0 fully saturated rings. The van der Waals surface area contributed by atoms with Crippen molar-refractivity contribution in [3.63, 3.8) is 0 Å². The van der Waals surface area contributed by atoms with Crippen LogP contribution >= 0.6 is 0 Å². The Labute approximate surface area is 108 Å². The number of rotatable bonds is 3. The van der Waals surface area contributed by atoms with Crippen molar-refractivity contribution in [2.75, 3.05) is 6.54 Å². The normalized spacial score (nSPS) is 11.0. The molecule has 0 heterocycles. The number of hydrogen-bond donors (Lipinski definition) is 1. The molecule has 2 aromatic rings. The van der Waals surface area contributed by atoms with Gasteiger partial charge in [-0.25, -0.2) is 0 Å². The van der Waals surface area contributed by atoms with Gasteiger partial charge in [-0.1, -0.05) is 30.3 Å². The van der Waals surface area contributed by atoms with E-state index in [4.69, 9.17) is 0 Å². The molecule has 0 aromatic heterocycles. The third-order valence-electron chi connectivity index (χ3n) is 2.85. The number of phenols is 1. The van der Waals surface area contributed by atoms with Gasteiger partial charge in [0.25, 0.3) is 0 Å². The lowest BCUT2D eigenvalue weighted by Gasteiger charge is -2.08. The molecule has 2 rings (SSSR count). The van der Waals surface area contributed by atoms with Crippen LogP contribution in [-0.4, -0.2) is 17.9 Å². The van der Waals surface area contributed by atoms with Crippen LogP contribution in [0.3, 0.4) is 0 Å². The number of hydrogen-bond acceptors (Lipinski definition) is 2. The van der Waals surface area contributed by atoms with E-state index in [1.165, 1.54) is 0 Å². The third kappa shape index (κ3) is 2.59. The van der Waals surface area contributed by atoms with Gasteiger partial charge in [-0.15, -0.1) is 0 Å². The summed E-state index contributed by atoms with van der Waals surface area (Å²) in [6, 6.07) is 14.1. The lowest BCUT2D eigenvalue weighted by Crippen LogP contribution is -1.89. The van der Waals surface area contributed by atoms with Crippen LogP contribution < -0.4 is 0 Å². The van der Waals surface area contributed by atoms with Gasteiger partial charge >= 0.3 is 0 Å². The van der Waals surface area contributed by atoms with Gasteiger partial charge in [0.15, 0.2) is 0 Å². The Morgan fingerprint density at radius 3 is 2.50 bits per heavy atom. The van der Waals surface area contributed by atoms with Crippen LogP contribution in [0, 0.1) is 6.92 Å². The Balaban J connectivity index is 2.51. The van der Waals surface area contributed by atoms with Crippen molar-refractivity contribution in [3.05, 3.63) is 53.6 Å². The summed E-state index contributed by atoms with van der Waals surface area (Å²) in [5.74, 6) is 0.312. The van der Waals surface area contributed by atoms with Gasteiger partial charge in [-0.05, 0) is 42.7 Å². The summed E-state index contributed by atoms with van der Waals surface area (Å²) >= 11 is 0. The fourth-order valence-electron chi connectivity index (χ4n) is 1.89. The molecule has 0 radical (unpaired) electrons. The highest BCUT2D eigenvalue weighted by Crippen LogP contribution is 2.28. The molecule has 0 aliphatic rings. The standard InChI is InChI=1S/C16H17NO/c1-3-17-11-15-10-14(9-12(2)16(15)18)13-7-5-4-6-8-13/h4-11,18H,3H2,1-2H3. The van der Waals surface area contributed by atoms with Crippen molar-refractivity contribution in [3.8, 4) is 16.9 Å². The molecule has 92 valence electrons. The predicted octanol–water partition coefficient (Wildman–Crippen LogP) is 3.81. The summed E-state index contributed by atoms with van der Waals surface area (Å²) in [6.45, 7) is 4.60. The van der Waals surface area contributed by atoms with Gasteiger partial charge in [0.1, 0.15) is 5.75 Å². The van der Waals surface area contributed by atoms with Crippen molar-refractivity contribution < 1.29 is 5.11 Å². The van der Waals surface area contributed by atoms with Crippen molar-refractivity contribution in [1.82, 2.24) is 0 Å². The second kappa shape index (κ2) is 5.50. The predicted molar refractivity (Wildman–Crippen MR) is 76.4 cm³/mol. The van der Waals surface area contributed by atoms with E-state index in [9.17, 15) is 5.11 Å². The van der Waals surface area contributed by atoms with E-state index in [1.54, 1.807) is 6.21 Å². The van der Waals surface area contributed by atoms with E-state index >= 15 is 0 Å². The highest BCUT2D eigenvalue weighted by atomic mass is 16.3. The maximum Gasteiger partial charge on any atom is 0.127 e. The van der Waals surface area contributed by atoms with E-state index in [2.05, 4.69) is 17.1 Å². The minimum Gasteiger partial charge on any atom is -0.507 e.